The van der Waals surface area contributed by atoms with Crippen LogP contribution in [-0.4, -0.2) is 12.6 Å². The molecule has 2 nitrogen and oxygen atoms in total. The Bertz CT molecular complexity index is 498. The Morgan fingerprint density at radius 2 is 0.675 bits per heavy atom. The molecule has 0 fully saturated rings. The third-order valence-electron chi connectivity index (χ3n) is 8.47. The fourth-order valence-corrected chi connectivity index (χ4v) is 5.68. The zero-order valence-electron chi connectivity index (χ0n) is 27.8. The summed E-state index contributed by atoms with van der Waals surface area (Å²) in [6.07, 6.45) is 47.5. The van der Waals surface area contributed by atoms with Crippen LogP contribution in [0.5, 0.6) is 0 Å². The first kappa shape index (κ1) is 39.2. The highest BCUT2D eigenvalue weighted by molar-refractivity contribution is 5.81. The van der Waals surface area contributed by atoms with Crippen LogP contribution in [0.2, 0.25) is 0 Å². The van der Waals surface area contributed by atoms with E-state index >= 15 is 0 Å². The summed E-state index contributed by atoms with van der Waals surface area (Å²) in [5.74, 6) is -0.152. The van der Waals surface area contributed by atoms with Gasteiger partial charge in [-0.05, 0) is 19.3 Å². The van der Waals surface area contributed by atoms with Gasteiger partial charge < -0.3 is 4.74 Å². The van der Waals surface area contributed by atoms with Crippen molar-refractivity contribution in [3.63, 3.8) is 0 Å². The average molecular weight is 563 g/mol. The van der Waals surface area contributed by atoms with Gasteiger partial charge in [0.2, 0.25) is 0 Å². The van der Waals surface area contributed by atoms with Crippen molar-refractivity contribution in [3.05, 3.63) is 12.2 Å². The predicted molar refractivity (Wildman–Crippen MR) is 179 cm³/mol. The Morgan fingerprint density at radius 3 is 1.00 bits per heavy atom. The molecule has 0 aliphatic heterocycles. The van der Waals surface area contributed by atoms with Gasteiger partial charge in [0.25, 0.3) is 0 Å². The summed E-state index contributed by atoms with van der Waals surface area (Å²) in [6.45, 7) is 5.16. The number of hydrogen-bond acceptors (Lipinski definition) is 2. The van der Waals surface area contributed by atoms with Gasteiger partial charge in [-0.15, -0.1) is 0 Å². The maximum atomic E-state index is 11.8. The second kappa shape index (κ2) is 36.2. The van der Waals surface area contributed by atoms with Crippen molar-refractivity contribution in [2.75, 3.05) is 6.61 Å². The Labute approximate surface area is 253 Å². The van der Waals surface area contributed by atoms with Crippen molar-refractivity contribution < 1.29 is 9.53 Å². The quantitative estimate of drug-likeness (QED) is 0.0443. The van der Waals surface area contributed by atoms with E-state index in [1.54, 1.807) is 6.08 Å². The van der Waals surface area contributed by atoms with Crippen LogP contribution in [0.4, 0.5) is 0 Å². The number of allylic oxidation sites excluding steroid dienone is 1. The zero-order valence-corrected chi connectivity index (χ0v) is 27.8. The smallest absolute Gasteiger partial charge is 0.330 e. The van der Waals surface area contributed by atoms with Crippen LogP contribution in [0.25, 0.3) is 0 Å². The Kier molecular flexibility index (Phi) is 35.5. The minimum absolute atomic E-state index is 0.152. The zero-order chi connectivity index (χ0) is 29.0. The lowest BCUT2D eigenvalue weighted by molar-refractivity contribution is -0.137. The lowest BCUT2D eigenvalue weighted by Gasteiger charge is -2.04. The van der Waals surface area contributed by atoms with Gasteiger partial charge in [0.05, 0.1) is 6.61 Å². The SMILES string of the molecule is CCCCCCCCCCCCCC=CC(=O)OCCCCCCCCCCCCCCCCCCCCCC. The number of esters is 1. The lowest BCUT2D eigenvalue weighted by Crippen LogP contribution is -2.02. The molecule has 0 rings (SSSR count). The number of rotatable bonds is 34. The first-order valence-electron chi connectivity index (χ1n) is 18.6. The Morgan fingerprint density at radius 1 is 0.400 bits per heavy atom. The minimum atomic E-state index is -0.152. The summed E-state index contributed by atoms with van der Waals surface area (Å²) < 4.78 is 5.36. The summed E-state index contributed by atoms with van der Waals surface area (Å²) in [6, 6.07) is 0. The molecule has 2 heteroatoms. The normalized spacial score (nSPS) is 11.6. The highest BCUT2D eigenvalue weighted by Crippen LogP contribution is 2.15. The van der Waals surface area contributed by atoms with Crippen LogP contribution in [0.15, 0.2) is 12.2 Å². The van der Waals surface area contributed by atoms with E-state index in [1.165, 1.54) is 193 Å². The standard InChI is InChI=1S/C38H74O2/c1-3-5-7-9-11-13-15-17-18-19-20-21-22-23-25-27-29-31-33-35-37-40-38(39)36-34-32-30-28-26-24-16-14-12-10-8-6-4-2/h34,36H,3-33,35,37H2,1-2H3. The van der Waals surface area contributed by atoms with Crippen molar-refractivity contribution in [2.45, 2.75) is 219 Å². The molecule has 0 aliphatic rings. The van der Waals surface area contributed by atoms with Gasteiger partial charge in [-0.1, -0.05) is 206 Å². The maximum Gasteiger partial charge on any atom is 0.330 e. The highest BCUT2D eigenvalue weighted by Gasteiger charge is 1.98. The second-order valence-electron chi connectivity index (χ2n) is 12.6. The summed E-state index contributed by atoms with van der Waals surface area (Å²) in [4.78, 5) is 11.8. The molecule has 0 heterocycles. The fourth-order valence-electron chi connectivity index (χ4n) is 5.68. The molecule has 40 heavy (non-hydrogen) atoms. The molecule has 0 aromatic heterocycles. The molecular weight excluding hydrogens is 488 g/mol. The Balaban J connectivity index is 3.19. The van der Waals surface area contributed by atoms with Gasteiger partial charge in [-0.3, -0.25) is 0 Å². The fraction of sp³-hybridized carbons (Fsp3) is 0.921. The molecule has 0 unspecified atom stereocenters. The Hall–Kier alpha value is -0.790. The molecule has 0 spiro atoms. The van der Waals surface area contributed by atoms with Gasteiger partial charge >= 0.3 is 5.97 Å². The van der Waals surface area contributed by atoms with E-state index in [9.17, 15) is 4.79 Å². The van der Waals surface area contributed by atoms with Gasteiger partial charge in [0.15, 0.2) is 0 Å². The number of unbranched alkanes of at least 4 members (excludes halogenated alkanes) is 30. The van der Waals surface area contributed by atoms with E-state index < -0.39 is 0 Å². The van der Waals surface area contributed by atoms with E-state index in [0.717, 1.165) is 12.8 Å². The summed E-state index contributed by atoms with van der Waals surface area (Å²) in [7, 11) is 0. The molecule has 0 bridgehead atoms. The minimum Gasteiger partial charge on any atom is -0.463 e. The monoisotopic (exact) mass is 563 g/mol. The molecule has 0 saturated heterocycles. The van der Waals surface area contributed by atoms with Crippen LogP contribution in [0.3, 0.4) is 0 Å². The average Bonchev–Trinajstić information content (AvgIpc) is 2.96. The van der Waals surface area contributed by atoms with E-state index in [2.05, 4.69) is 13.8 Å². The summed E-state index contributed by atoms with van der Waals surface area (Å²) in [5, 5.41) is 0. The van der Waals surface area contributed by atoms with Crippen LogP contribution in [0, 0.1) is 0 Å². The van der Waals surface area contributed by atoms with Crippen molar-refractivity contribution in [3.8, 4) is 0 Å². The third-order valence-corrected chi connectivity index (χ3v) is 8.47. The van der Waals surface area contributed by atoms with Crippen LogP contribution in [-0.2, 0) is 9.53 Å². The van der Waals surface area contributed by atoms with Crippen molar-refractivity contribution in [2.24, 2.45) is 0 Å². The number of carbonyl (C=O) groups is 1. The maximum absolute atomic E-state index is 11.8. The topological polar surface area (TPSA) is 26.3 Å². The van der Waals surface area contributed by atoms with Crippen LogP contribution >= 0.6 is 0 Å². The molecule has 0 aromatic carbocycles. The molecule has 0 atom stereocenters. The largest absolute Gasteiger partial charge is 0.463 e. The van der Waals surface area contributed by atoms with Crippen molar-refractivity contribution in [1.29, 1.82) is 0 Å². The van der Waals surface area contributed by atoms with Gasteiger partial charge in [-0.2, -0.15) is 0 Å². The van der Waals surface area contributed by atoms with E-state index in [-0.39, 0.29) is 5.97 Å². The second-order valence-corrected chi connectivity index (χ2v) is 12.6. The van der Waals surface area contributed by atoms with E-state index in [4.69, 9.17) is 4.74 Å². The summed E-state index contributed by atoms with van der Waals surface area (Å²) in [5.41, 5.74) is 0. The molecule has 0 aromatic rings. The van der Waals surface area contributed by atoms with Crippen molar-refractivity contribution >= 4 is 5.97 Å². The lowest BCUT2D eigenvalue weighted by atomic mass is 10.0. The van der Waals surface area contributed by atoms with Crippen LogP contribution < -0.4 is 0 Å². The van der Waals surface area contributed by atoms with Crippen molar-refractivity contribution in [1.82, 2.24) is 0 Å². The molecule has 0 radical (unpaired) electrons. The number of hydrogen-bond donors (Lipinski definition) is 0. The van der Waals surface area contributed by atoms with Gasteiger partial charge in [0, 0.05) is 6.08 Å². The van der Waals surface area contributed by atoms with Crippen LogP contribution in [0.1, 0.15) is 219 Å². The first-order chi connectivity index (χ1) is 19.8. The third kappa shape index (κ3) is 35.2. The highest BCUT2D eigenvalue weighted by atomic mass is 16.5. The van der Waals surface area contributed by atoms with E-state index in [1.807, 2.05) is 6.08 Å². The number of carbonyl (C=O) groups excluding carboxylic acids is 1. The van der Waals surface area contributed by atoms with Gasteiger partial charge in [0.1, 0.15) is 0 Å². The number of ether oxygens (including phenoxy) is 1. The van der Waals surface area contributed by atoms with Gasteiger partial charge in [-0.25, -0.2) is 4.79 Å². The molecule has 0 amide bonds. The molecule has 0 saturated carbocycles. The molecule has 0 aliphatic carbocycles. The molecule has 238 valence electrons. The molecule has 0 N–H and O–H groups in total. The first-order valence-corrected chi connectivity index (χ1v) is 18.6. The van der Waals surface area contributed by atoms with E-state index in [0.29, 0.717) is 6.61 Å². The molecular formula is C38H74O2. The predicted octanol–water partition coefficient (Wildman–Crippen LogP) is 13.6. The summed E-state index contributed by atoms with van der Waals surface area (Å²) >= 11 is 0.